The van der Waals surface area contributed by atoms with Gasteiger partial charge in [0, 0.05) is 24.2 Å². The normalized spacial score (nSPS) is 12.6. The average molecular weight is 451 g/mol. The van der Waals surface area contributed by atoms with E-state index >= 15 is 0 Å². The Balaban J connectivity index is 2.22. The van der Waals surface area contributed by atoms with Crippen LogP contribution in [0.3, 0.4) is 0 Å². The van der Waals surface area contributed by atoms with Crippen LogP contribution in [0, 0.1) is 3.57 Å². The molecule has 1 aromatic heterocycles. The third kappa shape index (κ3) is 4.01. The maximum Gasteiger partial charge on any atom is 0.0519 e. The second-order valence-electron chi connectivity index (χ2n) is 4.31. The third-order valence-electron chi connectivity index (χ3n) is 3.01. The first-order valence-electron chi connectivity index (χ1n) is 6.12. The van der Waals surface area contributed by atoms with Crippen molar-refractivity contribution >= 4 is 49.9 Å². The van der Waals surface area contributed by atoms with Crippen LogP contribution in [0.4, 0.5) is 0 Å². The Bertz CT molecular complexity index is 556. The maximum absolute atomic E-state index is 5.75. The summed E-state index contributed by atoms with van der Waals surface area (Å²) >= 11 is 7.75. The van der Waals surface area contributed by atoms with Gasteiger partial charge in [-0.25, -0.2) is 0 Å². The van der Waals surface area contributed by atoms with Gasteiger partial charge in [-0.05, 0) is 64.9 Å². The quantitative estimate of drug-likeness (QED) is 0.402. The molecule has 0 bridgehead atoms. The van der Waals surface area contributed by atoms with Gasteiger partial charge in [0.2, 0.25) is 0 Å². The smallest absolute Gasteiger partial charge is 0.0519 e. The summed E-state index contributed by atoms with van der Waals surface area (Å²) in [6, 6.07) is 10.9. The molecule has 102 valence electrons. The number of nitrogens with one attached hydrogen (secondary N) is 1. The monoisotopic (exact) mass is 450 g/mol. The summed E-state index contributed by atoms with van der Waals surface area (Å²) in [4.78, 5) is 2.80. The molecule has 19 heavy (non-hydrogen) atoms. The van der Waals surface area contributed by atoms with Crippen LogP contribution < -0.4 is 11.3 Å². The van der Waals surface area contributed by atoms with Gasteiger partial charge in [-0.1, -0.05) is 22.9 Å². The molecule has 5 heteroatoms. The van der Waals surface area contributed by atoms with Crippen LogP contribution in [0.2, 0.25) is 0 Å². The summed E-state index contributed by atoms with van der Waals surface area (Å²) in [5, 5.41) is 0. The Morgan fingerprint density at radius 1 is 1.32 bits per heavy atom. The SMILES string of the molecule is CCc1ccc(CC(NN)c2cc(Br)ccc2I)s1. The van der Waals surface area contributed by atoms with Crippen molar-refractivity contribution in [2.24, 2.45) is 5.84 Å². The molecule has 0 fully saturated rings. The lowest BCUT2D eigenvalue weighted by Gasteiger charge is -2.17. The lowest BCUT2D eigenvalue weighted by molar-refractivity contribution is 0.553. The third-order valence-corrected chi connectivity index (χ3v) is 5.73. The fourth-order valence-corrected chi connectivity index (χ4v) is 4.06. The molecule has 1 aromatic carbocycles. The van der Waals surface area contributed by atoms with E-state index in [9.17, 15) is 0 Å². The van der Waals surface area contributed by atoms with Crippen LogP contribution in [-0.4, -0.2) is 0 Å². The van der Waals surface area contributed by atoms with Gasteiger partial charge in [-0.3, -0.25) is 11.3 Å². The minimum absolute atomic E-state index is 0.146. The summed E-state index contributed by atoms with van der Waals surface area (Å²) in [5.74, 6) is 5.75. The first-order chi connectivity index (χ1) is 9.13. The van der Waals surface area contributed by atoms with Gasteiger partial charge in [0.05, 0.1) is 6.04 Å². The minimum Gasteiger partial charge on any atom is -0.271 e. The number of thiophene rings is 1. The predicted octanol–water partition coefficient (Wildman–Crippen LogP) is 4.42. The highest BCUT2D eigenvalue weighted by Crippen LogP contribution is 2.28. The summed E-state index contributed by atoms with van der Waals surface area (Å²) in [6.07, 6.45) is 2.02. The molecular formula is C14H16BrIN2S. The molecule has 0 saturated heterocycles. The number of hydrazine groups is 1. The highest BCUT2D eigenvalue weighted by Gasteiger charge is 2.15. The second kappa shape index (κ2) is 7.17. The van der Waals surface area contributed by atoms with Crippen LogP contribution in [0.25, 0.3) is 0 Å². The fourth-order valence-electron chi connectivity index (χ4n) is 1.96. The van der Waals surface area contributed by atoms with Crippen molar-refractivity contribution in [1.82, 2.24) is 5.43 Å². The molecule has 1 heterocycles. The molecule has 0 aliphatic rings. The van der Waals surface area contributed by atoms with Crippen LogP contribution in [0.1, 0.15) is 28.3 Å². The summed E-state index contributed by atoms with van der Waals surface area (Å²) in [6.45, 7) is 2.19. The fraction of sp³-hybridized carbons (Fsp3) is 0.286. The topological polar surface area (TPSA) is 38.0 Å². The molecule has 3 N–H and O–H groups in total. The summed E-state index contributed by atoms with van der Waals surface area (Å²) in [5.41, 5.74) is 4.18. The number of halogens is 2. The number of nitrogens with two attached hydrogens (primary N) is 1. The Morgan fingerprint density at radius 3 is 2.68 bits per heavy atom. The first kappa shape index (κ1) is 15.4. The summed E-state index contributed by atoms with van der Waals surface area (Å²) in [7, 11) is 0. The number of benzene rings is 1. The van der Waals surface area contributed by atoms with Crippen molar-refractivity contribution in [2.45, 2.75) is 25.8 Å². The highest BCUT2D eigenvalue weighted by atomic mass is 127. The predicted molar refractivity (Wildman–Crippen MR) is 94.3 cm³/mol. The minimum atomic E-state index is 0.146. The number of hydrogen-bond donors (Lipinski definition) is 2. The van der Waals surface area contributed by atoms with Crippen LogP contribution in [0.5, 0.6) is 0 Å². The van der Waals surface area contributed by atoms with Gasteiger partial charge in [0.1, 0.15) is 0 Å². The van der Waals surface area contributed by atoms with Crippen LogP contribution in [0.15, 0.2) is 34.8 Å². The zero-order chi connectivity index (χ0) is 13.8. The Kier molecular flexibility index (Phi) is 5.83. The van der Waals surface area contributed by atoms with Gasteiger partial charge < -0.3 is 0 Å². The zero-order valence-corrected chi connectivity index (χ0v) is 15.2. The molecule has 0 aliphatic carbocycles. The van der Waals surface area contributed by atoms with Gasteiger partial charge in [-0.15, -0.1) is 11.3 Å². The second-order valence-corrected chi connectivity index (χ2v) is 7.64. The van der Waals surface area contributed by atoms with E-state index in [0.29, 0.717) is 0 Å². The molecule has 0 spiro atoms. The molecule has 2 nitrogen and oxygen atoms in total. The lowest BCUT2D eigenvalue weighted by Crippen LogP contribution is -2.30. The van der Waals surface area contributed by atoms with Crippen LogP contribution in [-0.2, 0) is 12.8 Å². The average Bonchev–Trinajstić information content (AvgIpc) is 2.87. The van der Waals surface area contributed by atoms with Crippen LogP contribution >= 0.6 is 49.9 Å². The molecule has 0 aliphatic heterocycles. The molecule has 2 aromatic rings. The number of rotatable bonds is 5. The molecule has 2 rings (SSSR count). The highest BCUT2D eigenvalue weighted by molar-refractivity contribution is 14.1. The van der Waals surface area contributed by atoms with E-state index in [1.807, 2.05) is 11.3 Å². The van der Waals surface area contributed by atoms with Gasteiger partial charge >= 0.3 is 0 Å². The van der Waals surface area contributed by atoms with Crippen molar-refractivity contribution in [3.05, 3.63) is 53.7 Å². The van der Waals surface area contributed by atoms with E-state index in [0.717, 1.165) is 17.3 Å². The Morgan fingerprint density at radius 2 is 2.05 bits per heavy atom. The molecule has 0 amide bonds. The van der Waals surface area contributed by atoms with E-state index in [1.54, 1.807) is 0 Å². The van der Waals surface area contributed by atoms with Gasteiger partial charge in [0.15, 0.2) is 0 Å². The van der Waals surface area contributed by atoms with E-state index < -0.39 is 0 Å². The maximum atomic E-state index is 5.75. The van der Waals surface area contributed by atoms with Crippen molar-refractivity contribution in [2.75, 3.05) is 0 Å². The largest absolute Gasteiger partial charge is 0.271 e. The summed E-state index contributed by atoms with van der Waals surface area (Å²) < 4.78 is 2.32. The van der Waals surface area contributed by atoms with Crippen molar-refractivity contribution < 1.29 is 0 Å². The Labute approximate surface area is 140 Å². The lowest BCUT2D eigenvalue weighted by atomic mass is 10.0. The molecule has 1 atom stereocenters. The van der Waals surface area contributed by atoms with E-state index in [-0.39, 0.29) is 6.04 Å². The van der Waals surface area contributed by atoms with E-state index in [4.69, 9.17) is 5.84 Å². The molecule has 0 saturated carbocycles. The zero-order valence-electron chi connectivity index (χ0n) is 10.6. The van der Waals surface area contributed by atoms with Gasteiger partial charge in [-0.2, -0.15) is 0 Å². The molecule has 1 unspecified atom stereocenters. The van der Waals surface area contributed by atoms with E-state index in [2.05, 4.69) is 81.2 Å². The first-order valence-corrected chi connectivity index (χ1v) is 8.81. The number of aryl methyl sites for hydroxylation is 1. The van der Waals surface area contributed by atoms with Crippen molar-refractivity contribution in [3.8, 4) is 0 Å². The van der Waals surface area contributed by atoms with E-state index in [1.165, 1.54) is 18.9 Å². The standard InChI is InChI=1S/C14H16BrIN2S/c1-2-10-4-5-11(19-10)8-14(18-17)12-7-9(15)3-6-13(12)16/h3-7,14,18H,2,8,17H2,1H3. The molecule has 0 radical (unpaired) electrons. The van der Waals surface area contributed by atoms with Gasteiger partial charge in [0.25, 0.3) is 0 Å². The van der Waals surface area contributed by atoms with Crippen molar-refractivity contribution in [1.29, 1.82) is 0 Å². The molecular weight excluding hydrogens is 435 g/mol. The number of hydrogen-bond acceptors (Lipinski definition) is 3. The van der Waals surface area contributed by atoms with Crippen molar-refractivity contribution in [3.63, 3.8) is 0 Å². The Hall–Kier alpha value is 0.0500.